The molecular weight excluding hydrogens is 464 g/mol. The number of rotatable bonds is 3. The van der Waals surface area contributed by atoms with Gasteiger partial charge >= 0.3 is 0 Å². The summed E-state index contributed by atoms with van der Waals surface area (Å²) in [7, 11) is -7.52. The van der Waals surface area contributed by atoms with E-state index in [-0.39, 0.29) is 27.8 Å². The number of anilines is 1. The third-order valence-electron chi connectivity index (χ3n) is 6.03. The van der Waals surface area contributed by atoms with Gasteiger partial charge in [0.15, 0.2) is 9.84 Å². The summed E-state index contributed by atoms with van der Waals surface area (Å²) in [6.45, 7) is -0.133. The number of nitrogens with zero attached hydrogens (tertiary/aromatic N) is 2. The van der Waals surface area contributed by atoms with Gasteiger partial charge in [-0.15, -0.1) is 11.3 Å². The van der Waals surface area contributed by atoms with E-state index in [9.17, 15) is 16.8 Å². The summed E-state index contributed by atoms with van der Waals surface area (Å²) >= 11 is 1.28. The number of hydrogen-bond donors (Lipinski definition) is 0. The Morgan fingerprint density at radius 3 is 2.50 bits per heavy atom. The number of nitriles is 1. The van der Waals surface area contributed by atoms with Gasteiger partial charge in [-0.1, -0.05) is 12.1 Å². The summed E-state index contributed by atoms with van der Waals surface area (Å²) in [6.07, 6.45) is 3.95. The lowest BCUT2D eigenvalue weighted by molar-refractivity contribution is 0.583. The maximum Gasteiger partial charge on any atom is 0.264 e. The second kappa shape index (κ2) is 7.73. The molecule has 9 heteroatoms. The molecule has 6 nitrogen and oxygen atoms in total. The number of hydrogen-bond acceptors (Lipinski definition) is 6. The Kier molecular flexibility index (Phi) is 5.12. The van der Waals surface area contributed by atoms with Crippen LogP contribution in [-0.2, 0) is 32.7 Å². The predicted octanol–water partition coefficient (Wildman–Crippen LogP) is 4.15. The van der Waals surface area contributed by atoms with Crippen molar-refractivity contribution in [2.45, 2.75) is 35.5 Å². The van der Waals surface area contributed by atoms with E-state index in [0.29, 0.717) is 10.4 Å². The fourth-order valence-corrected chi connectivity index (χ4v) is 8.27. The molecule has 1 aliphatic heterocycles. The normalized spacial score (nSPS) is 17.3. The summed E-state index contributed by atoms with van der Waals surface area (Å²) in [5.74, 6) is -0.263. The topological polar surface area (TPSA) is 95.3 Å². The van der Waals surface area contributed by atoms with Gasteiger partial charge in [0.05, 0.1) is 21.2 Å². The highest BCUT2D eigenvalue weighted by Gasteiger charge is 2.36. The lowest BCUT2D eigenvalue weighted by atomic mass is 9.92. The van der Waals surface area contributed by atoms with Crippen molar-refractivity contribution in [2.75, 3.05) is 16.6 Å². The van der Waals surface area contributed by atoms with Crippen molar-refractivity contribution in [2.24, 2.45) is 0 Å². The molecule has 0 N–H and O–H groups in total. The molecule has 0 spiro atoms. The molecule has 5 rings (SSSR count). The summed E-state index contributed by atoms with van der Waals surface area (Å²) < 4.78 is 53.9. The molecule has 1 aromatic heterocycles. The standard InChI is InChI=1S/C23H20N2O4S3/c24-15-19-7-9-22(30-19)18-6-10-23-21(14-18)25(11-12-31(23,26)27)32(28,29)20-8-5-16-3-1-2-4-17(16)13-20/h5-10,13-14H,1-4,11-12H2. The van der Waals surface area contributed by atoms with E-state index < -0.39 is 19.9 Å². The molecule has 0 radical (unpaired) electrons. The first-order valence-electron chi connectivity index (χ1n) is 10.3. The van der Waals surface area contributed by atoms with Gasteiger partial charge < -0.3 is 0 Å². The first-order chi connectivity index (χ1) is 15.3. The zero-order chi connectivity index (χ0) is 22.5. The molecule has 1 aliphatic carbocycles. The van der Waals surface area contributed by atoms with Crippen LogP contribution < -0.4 is 4.31 Å². The van der Waals surface area contributed by atoms with Gasteiger partial charge in [-0.25, -0.2) is 16.8 Å². The molecule has 0 bridgehead atoms. The minimum absolute atomic E-state index is 0.0195. The van der Waals surface area contributed by atoms with Crippen LogP contribution >= 0.6 is 11.3 Å². The second-order valence-corrected chi connectivity index (χ2v) is 13.0. The quantitative estimate of drug-likeness (QED) is 0.557. The Bertz CT molecular complexity index is 1480. The van der Waals surface area contributed by atoms with Crippen LogP contribution in [0.1, 0.15) is 28.8 Å². The summed E-state index contributed by atoms with van der Waals surface area (Å²) in [6, 6.07) is 15.6. The van der Waals surface area contributed by atoms with E-state index in [1.54, 1.807) is 36.4 Å². The maximum atomic E-state index is 13.6. The number of benzene rings is 2. The number of aryl methyl sites for hydroxylation is 2. The van der Waals surface area contributed by atoms with Crippen LogP contribution in [0.5, 0.6) is 0 Å². The van der Waals surface area contributed by atoms with Crippen LogP contribution in [0.4, 0.5) is 5.69 Å². The highest BCUT2D eigenvalue weighted by Crippen LogP contribution is 2.39. The summed E-state index contributed by atoms with van der Waals surface area (Å²) in [5, 5.41) is 9.11. The number of sulfone groups is 1. The highest BCUT2D eigenvalue weighted by molar-refractivity contribution is 7.94. The van der Waals surface area contributed by atoms with E-state index in [1.807, 2.05) is 6.07 Å². The Morgan fingerprint density at radius 1 is 0.969 bits per heavy atom. The third kappa shape index (κ3) is 3.52. The van der Waals surface area contributed by atoms with Gasteiger partial charge in [-0.05, 0) is 78.8 Å². The zero-order valence-corrected chi connectivity index (χ0v) is 19.6. The minimum atomic E-state index is -3.94. The van der Waals surface area contributed by atoms with Crippen LogP contribution in [0.3, 0.4) is 0 Å². The van der Waals surface area contributed by atoms with E-state index in [0.717, 1.165) is 36.1 Å². The van der Waals surface area contributed by atoms with E-state index in [1.165, 1.54) is 27.3 Å². The molecule has 0 unspecified atom stereocenters. The fourth-order valence-electron chi connectivity index (χ4n) is 4.36. The summed E-state index contributed by atoms with van der Waals surface area (Å²) in [4.78, 5) is 1.52. The van der Waals surface area contributed by atoms with Gasteiger partial charge in [-0.3, -0.25) is 4.31 Å². The lowest BCUT2D eigenvalue weighted by Gasteiger charge is -2.31. The molecule has 0 fully saturated rings. The van der Waals surface area contributed by atoms with E-state index >= 15 is 0 Å². The van der Waals surface area contributed by atoms with E-state index in [2.05, 4.69) is 6.07 Å². The van der Waals surface area contributed by atoms with Gasteiger partial charge in [0.1, 0.15) is 10.9 Å². The monoisotopic (exact) mass is 484 g/mol. The van der Waals surface area contributed by atoms with Crippen LogP contribution in [-0.4, -0.2) is 29.1 Å². The van der Waals surface area contributed by atoms with Crippen LogP contribution in [0.25, 0.3) is 10.4 Å². The van der Waals surface area contributed by atoms with Crippen molar-refractivity contribution in [1.82, 2.24) is 0 Å². The first-order valence-corrected chi connectivity index (χ1v) is 14.2. The van der Waals surface area contributed by atoms with Gasteiger partial charge in [-0.2, -0.15) is 5.26 Å². The SMILES string of the molecule is N#Cc1ccc(-c2ccc3c(c2)N(S(=O)(=O)c2ccc4c(c2)CCCC4)CCS3(=O)=O)s1. The molecule has 164 valence electrons. The zero-order valence-electron chi connectivity index (χ0n) is 17.1. The first kappa shape index (κ1) is 21.2. The fraction of sp³-hybridized carbons (Fsp3) is 0.261. The summed E-state index contributed by atoms with van der Waals surface area (Å²) in [5.41, 5.74) is 3.08. The molecule has 0 saturated heterocycles. The minimum Gasteiger partial charge on any atom is -0.264 e. The number of thiophene rings is 1. The molecule has 2 heterocycles. The van der Waals surface area contributed by atoms with Crippen molar-refractivity contribution >= 4 is 36.9 Å². The molecule has 0 saturated carbocycles. The van der Waals surface area contributed by atoms with Gasteiger partial charge in [0.25, 0.3) is 10.0 Å². The van der Waals surface area contributed by atoms with Crippen LogP contribution in [0.2, 0.25) is 0 Å². The smallest absolute Gasteiger partial charge is 0.264 e. The molecular formula is C23H20N2O4S3. The third-order valence-corrected chi connectivity index (χ3v) is 10.6. The number of sulfonamides is 1. The van der Waals surface area contributed by atoms with Crippen LogP contribution in [0.15, 0.2) is 58.3 Å². The second-order valence-electron chi connectivity index (χ2n) is 7.99. The highest BCUT2D eigenvalue weighted by atomic mass is 32.2. The molecule has 3 aromatic rings. The van der Waals surface area contributed by atoms with Crippen LogP contribution in [0, 0.1) is 11.3 Å². The Labute approximate surface area is 191 Å². The maximum absolute atomic E-state index is 13.6. The largest absolute Gasteiger partial charge is 0.264 e. The Morgan fingerprint density at radius 2 is 1.75 bits per heavy atom. The average Bonchev–Trinajstić information content (AvgIpc) is 3.27. The van der Waals surface area contributed by atoms with Gasteiger partial charge in [0.2, 0.25) is 0 Å². The molecule has 0 atom stereocenters. The molecule has 32 heavy (non-hydrogen) atoms. The molecule has 2 aromatic carbocycles. The van der Waals surface area contributed by atoms with Crippen molar-refractivity contribution in [3.05, 3.63) is 64.5 Å². The predicted molar refractivity (Wildman–Crippen MR) is 124 cm³/mol. The van der Waals surface area contributed by atoms with Crippen molar-refractivity contribution < 1.29 is 16.8 Å². The molecule has 2 aliphatic rings. The average molecular weight is 485 g/mol. The lowest BCUT2D eigenvalue weighted by Crippen LogP contribution is -2.39. The van der Waals surface area contributed by atoms with Gasteiger partial charge in [0, 0.05) is 11.4 Å². The van der Waals surface area contributed by atoms with Crippen molar-refractivity contribution in [3.8, 4) is 16.5 Å². The van der Waals surface area contributed by atoms with Crippen molar-refractivity contribution in [3.63, 3.8) is 0 Å². The van der Waals surface area contributed by atoms with Crippen molar-refractivity contribution in [1.29, 1.82) is 5.26 Å². The Hall–Kier alpha value is -2.67. The van der Waals surface area contributed by atoms with E-state index in [4.69, 9.17) is 5.26 Å². The number of fused-ring (bicyclic) bond motifs is 2. The molecule has 0 amide bonds. The Balaban J connectivity index is 1.63.